The van der Waals surface area contributed by atoms with E-state index in [4.69, 9.17) is 0 Å². The number of carbonyl (C=O) groups is 1. The van der Waals surface area contributed by atoms with Crippen molar-refractivity contribution in [2.24, 2.45) is 5.92 Å². The molecule has 2 bridgehead atoms. The van der Waals surface area contributed by atoms with Crippen LogP contribution >= 0.6 is 0 Å². The van der Waals surface area contributed by atoms with Gasteiger partial charge in [0.05, 0.1) is 0 Å². The average molecular weight is 165 g/mol. The number of nitrogens with zero attached hydrogens (tertiary/aromatic N) is 2. The lowest BCUT2D eigenvalue weighted by molar-refractivity contribution is -0.133. The fourth-order valence-corrected chi connectivity index (χ4v) is 2.30. The molecule has 2 aliphatic heterocycles. The molecule has 0 aromatic carbocycles. The van der Waals surface area contributed by atoms with Gasteiger partial charge in [-0.3, -0.25) is 4.79 Å². The standard InChI is InChI=1S/C9H13N2O/c12-9(6-1-2-6)11-5-7-3-8(11)4-10-7/h6-8H,1-5H2. The summed E-state index contributed by atoms with van der Waals surface area (Å²) in [5, 5.41) is 4.42. The second-order valence-electron chi connectivity index (χ2n) is 4.17. The van der Waals surface area contributed by atoms with Crippen molar-refractivity contribution in [3.05, 3.63) is 0 Å². The van der Waals surface area contributed by atoms with Crippen LogP contribution in [0.5, 0.6) is 0 Å². The first-order valence-corrected chi connectivity index (χ1v) is 4.81. The lowest BCUT2D eigenvalue weighted by Gasteiger charge is -2.26. The van der Waals surface area contributed by atoms with Gasteiger partial charge in [-0.05, 0) is 19.3 Å². The Morgan fingerprint density at radius 3 is 2.75 bits per heavy atom. The maximum atomic E-state index is 11.7. The van der Waals surface area contributed by atoms with Crippen LogP contribution in [0.3, 0.4) is 0 Å². The highest BCUT2D eigenvalue weighted by atomic mass is 16.2. The number of piperazine rings is 1. The van der Waals surface area contributed by atoms with E-state index in [0.717, 1.165) is 32.4 Å². The minimum Gasteiger partial charge on any atom is -0.336 e. The van der Waals surface area contributed by atoms with Gasteiger partial charge >= 0.3 is 0 Å². The highest BCUT2D eigenvalue weighted by molar-refractivity contribution is 5.81. The number of fused-ring (bicyclic) bond motifs is 2. The molecule has 3 rings (SSSR count). The zero-order valence-corrected chi connectivity index (χ0v) is 7.07. The van der Waals surface area contributed by atoms with Gasteiger partial charge in [0, 0.05) is 31.1 Å². The molecule has 65 valence electrons. The van der Waals surface area contributed by atoms with E-state index < -0.39 is 0 Å². The van der Waals surface area contributed by atoms with Gasteiger partial charge in [0.15, 0.2) is 0 Å². The SMILES string of the molecule is O=C(C1CC1)N1CC2CC1C[N]2. The first kappa shape index (κ1) is 6.89. The van der Waals surface area contributed by atoms with E-state index in [2.05, 4.69) is 10.2 Å². The van der Waals surface area contributed by atoms with Gasteiger partial charge < -0.3 is 4.90 Å². The third-order valence-electron chi connectivity index (χ3n) is 3.18. The van der Waals surface area contributed by atoms with Crippen LogP contribution in [0.15, 0.2) is 0 Å². The van der Waals surface area contributed by atoms with Gasteiger partial charge in [-0.2, -0.15) is 0 Å². The molecule has 1 saturated carbocycles. The van der Waals surface area contributed by atoms with Crippen molar-refractivity contribution in [2.45, 2.75) is 31.3 Å². The fourth-order valence-electron chi connectivity index (χ4n) is 2.30. The molecular formula is C9H13N2O. The van der Waals surface area contributed by atoms with E-state index >= 15 is 0 Å². The lowest BCUT2D eigenvalue weighted by Crippen LogP contribution is -2.44. The molecule has 1 amide bonds. The summed E-state index contributed by atoms with van der Waals surface area (Å²) < 4.78 is 0. The third-order valence-corrected chi connectivity index (χ3v) is 3.18. The predicted molar refractivity (Wildman–Crippen MR) is 43.6 cm³/mol. The number of rotatable bonds is 1. The molecule has 1 aliphatic carbocycles. The zero-order chi connectivity index (χ0) is 8.13. The van der Waals surface area contributed by atoms with Gasteiger partial charge in [-0.15, -0.1) is 0 Å². The van der Waals surface area contributed by atoms with Crippen LogP contribution in [0.25, 0.3) is 0 Å². The van der Waals surface area contributed by atoms with Crippen LogP contribution in [0.1, 0.15) is 19.3 Å². The van der Waals surface area contributed by atoms with Crippen molar-refractivity contribution in [2.75, 3.05) is 13.1 Å². The van der Waals surface area contributed by atoms with Crippen LogP contribution in [0, 0.1) is 5.92 Å². The van der Waals surface area contributed by atoms with Gasteiger partial charge in [-0.1, -0.05) is 0 Å². The van der Waals surface area contributed by atoms with Crippen molar-refractivity contribution >= 4 is 5.91 Å². The highest BCUT2D eigenvalue weighted by Gasteiger charge is 2.44. The number of hydrogen-bond donors (Lipinski definition) is 0. The second kappa shape index (κ2) is 2.22. The fraction of sp³-hybridized carbons (Fsp3) is 0.889. The molecule has 0 spiro atoms. The first-order chi connectivity index (χ1) is 5.84. The Hall–Kier alpha value is -0.570. The first-order valence-electron chi connectivity index (χ1n) is 4.81. The van der Waals surface area contributed by atoms with E-state index in [1.807, 2.05) is 0 Å². The second-order valence-corrected chi connectivity index (χ2v) is 4.17. The summed E-state index contributed by atoms with van der Waals surface area (Å²) in [7, 11) is 0. The summed E-state index contributed by atoms with van der Waals surface area (Å²) in [5.41, 5.74) is 0. The smallest absolute Gasteiger partial charge is 0.226 e. The molecule has 3 nitrogen and oxygen atoms in total. The molecule has 0 aromatic heterocycles. The molecule has 1 radical (unpaired) electrons. The molecule has 12 heavy (non-hydrogen) atoms. The van der Waals surface area contributed by atoms with Gasteiger partial charge in [0.1, 0.15) is 0 Å². The molecule has 2 unspecified atom stereocenters. The van der Waals surface area contributed by atoms with Gasteiger partial charge in [-0.25, -0.2) is 5.32 Å². The molecule has 2 heterocycles. The van der Waals surface area contributed by atoms with E-state index in [9.17, 15) is 4.79 Å². The summed E-state index contributed by atoms with van der Waals surface area (Å²) in [6.07, 6.45) is 3.40. The zero-order valence-electron chi connectivity index (χ0n) is 7.07. The molecular weight excluding hydrogens is 152 g/mol. The molecule has 2 saturated heterocycles. The number of hydrogen-bond acceptors (Lipinski definition) is 1. The molecule has 3 fully saturated rings. The Bertz CT molecular complexity index is 225. The van der Waals surface area contributed by atoms with Crippen LogP contribution < -0.4 is 5.32 Å². The summed E-state index contributed by atoms with van der Waals surface area (Å²) in [6, 6.07) is 0.959. The van der Waals surface area contributed by atoms with Crippen LogP contribution in [0.2, 0.25) is 0 Å². The lowest BCUT2D eigenvalue weighted by atomic mass is 10.2. The van der Waals surface area contributed by atoms with E-state index in [0.29, 0.717) is 23.9 Å². The summed E-state index contributed by atoms with van der Waals surface area (Å²) >= 11 is 0. The summed E-state index contributed by atoms with van der Waals surface area (Å²) in [4.78, 5) is 13.8. The van der Waals surface area contributed by atoms with Crippen molar-refractivity contribution < 1.29 is 4.79 Å². The Morgan fingerprint density at radius 1 is 1.42 bits per heavy atom. The molecule has 2 atom stereocenters. The van der Waals surface area contributed by atoms with Crippen molar-refractivity contribution in [3.8, 4) is 0 Å². The molecule has 0 N–H and O–H groups in total. The van der Waals surface area contributed by atoms with Crippen molar-refractivity contribution in [1.82, 2.24) is 10.2 Å². The third kappa shape index (κ3) is 0.891. The molecule has 3 heteroatoms. The molecule has 0 aromatic rings. The summed E-state index contributed by atoms with van der Waals surface area (Å²) in [5.74, 6) is 0.807. The summed E-state index contributed by atoms with van der Waals surface area (Å²) in [6.45, 7) is 1.82. The maximum absolute atomic E-state index is 11.7. The Morgan fingerprint density at radius 2 is 2.25 bits per heavy atom. The number of carbonyl (C=O) groups excluding carboxylic acids is 1. The Kier molecular flexibility index (Phi) is 1.28. The minimum absolute atomic E-state index is 0.393. The van der Waals surface area contributed by atoms with Gasteiger partial charge in [0.25, 0.3) is 0 Å². The number of amides is 1. The number of likely N-dealkylation sites (tertiary alicyclic amines) is 1. The Labute approximate surface area is 72.1 Å². The normalized spacial score (nSPS) is 39.2. The monoisotopic (exact) mass is 165 g/mol. The topological polar surface area (TPSA) is 34.4 Å². The Balaban J connectivity index is 1.73. The van der Waals surface area contributed by atoms with Gasteiger partial charge in [0.2, 0.25) is 5.91 Å². The molecule has 3 aliphatic rings. The van der Waals surface area contributed by atoms with E-state index in [1.54, 1.807) is 0 Å². The maximum Gasteiger partial charge on any atom is 0.226 e. The highest BCUT2D eigenvalue weighted by Crippen LogP contribution is 2.35. The van der Waals surface area contributed by atoms with E-state index in [-0.39, 0.29) is 0 Å². The quantitative estimate of drug-likeness (QED) is 0.538. The van der Waals surface area contributed by atoms with Crippen LogP contribution in [0.4, 0.5) is 0 Å². The van der Waals surface area contributed by atoms with Crippen molar-refractivity contribution in [3.63, 3.8) is 0 Å². The van der Waals surface area contributed by atoms with Crippen molar-refractivity contribution in [1.29, 1.82) is 0 Å². The average Bonchev–Trinajstić information content (AvgIpc) is 2.73. The van der Waals surface area contributed by atoms with E-state index in [1.165, 1.54) is 0 Å². The van der Waals surface area contributed by atoms with Crippen LogP contribution in [-0.4, -0.2) is 36.0 Å². The predicted octanol–water partition coefficient (Wildman–Crippen LogP) is -0.0161. The minimum atomic E-state index is 0.393. The van der Waals surface area contributed by atoms with Crippen LogP contribution in [-0.2, 0) is 4.79 Å². The largest absolute Gasteiger partial charge is 0.336 e.